The average Bonchev–Trinajstić information content (AvgIpc) is 2.26. The number of nitrogens with zero attached hydrogens (tertiary/aromatic N) is 1. The van der Waals surface area contributed by atoms with Crippen molar-refractivity contribution in [3.8, 4) is 0 Å². The van der Waals surface area contributed by atoms with E-state index in [9.17, 15) is 9.18 Å². The number of benzene rings is 1. The van der Waals surface area contributed by atoms with E-state index in [-0.39, 0.29) is 0 Å². The molecular formula is C12H8FNO2. The molecular weight excluding hydrogens is 209 g/mol. The van der Waals surface area contributed by atoms with Crippen LogP contribution < -0.4 is 0 Å². The molecule has 2 rings (SSSR count). The topological polar surface area (TPSA) is 50.2 Å². The van der Waals surface area contributed by atoms with Crippen LogP contribution in [-0.2, 0) is 4.79 Å². The van der Waals surface area contributed by atoms with Gasteiger partial charge >= 0.3 is 5.97 Å². The second-order valence-electron chi connectivity index (χ2n) is 3.27. The third-order valence-corrected chi connectivity index (χ3v) is 2.15. The van der Waals surface area contributed by atoms with Crippen molar-refractivity contribution in [3.63, 3.8) is 0 Å². The summed E-state index contributed by atoms with van der Waals surface area (Å²) in [6.45, 7) is 0. The molecule has 4 heteroatoms. The number of pyridine rings is 1. The second kappa shape index (κ2) is 4.10. The highest BCUT2D eigenvalue weighted by Crippen LogP contribution is 2.19. The lowest BCUT2D eigenvalue weighted by Crippen LogP contribution is -1.87. The van der Waals surface area contributed by atoms with Crippen molar-refractivity contribution < 1.29 is 14.3 Å². The first-order valence-electron chi connectivity index (χ1n) is 4.61. The summed E-state index contributed by atoms with van der Waals surface area (Å²) in [6, 6.07) is 4.67. The molecule has 0 bridgehead atoms. The van der Waals surface area contributed by atoms with Crippen LogP contribution in [0.15, 0.2) is 36.7 Å². The molecule has 1 aromatic heterocycles. The number of carboxylic acids is 1. The van der Waals surface area contributed by atoms with Gasteiger partial charge in [-0.3, -0.25) is 4.98 Å². The fourth-order valence-corrected chi connectivity index (χ4v) is 1.44. The van der Waals surface area contributed by atoms with E-state index in [4.69, 9.17) is 5.11 Å². The van der Waals surface area contributed by atoms with Crippen molar-refractivity contribution in [2.75, 3.05) is 0 Å². The summed E-state index contributed by atoms with van der Waals surface area (Å²) in [7, 11) is 0. The molecule has 16 heavy (non-hydrogen) atoms. The zero-order valence-electron chi connectivity index (χ0n) is 8.22. The summed E-state index contributed by atoms with van der Waals surface area (Å²) < 4.78 is 13.5. The fraction of sp³-hybridized carbons (Fsp3) is 0. The minimum Gasteiger partial charge on any atom is -0.478 e. The predicted octanol–water partition coefficient (Wildman–Crippen LogP) is 2.47. The van der Waals surface area contributed by atoms with Crippen LogP contribution in [0.5, 0.6) is 0 Å². The predicted molar refractivity (Wildman–Crippen MR) is 58.4 cm³/mol. The van der Waals surface area contributed by atoms with E-state index in [1.165, 1.54) is 18.3 Å². The van der Waals surface area contributed by atoms with Gasteiger partial charge in [-0.15, -0.1) is 0 Å². The number of fused-ring (bicyclic) bond motifs is 1. The monoisotopic (exact) mass is 217 g/mol. The highest BCUT2D eigenvalue weighted by molar-refractivity contribution is 5.88. The smallest absolute Gasteiger partial charge is 0.328 e. The van der Waals surface area contributed by atoms with E-state index in [0.717, 1.165) is 6.08 Å². The minimum absolute atomic E-state index is 0.407. The molecule has 0 aliphatic carbocycles. The molecule has 1 N–H and O–H groups in total. The summed E-state index contributed by atoms with van der Waals surface area (Å²) in [5.41, 5.74) is 0.513. The van der Waals surface area contributed by atoms with Gasteiger partial charge in [0.2, 0.25) is 0 Å². The quantitative estimate of drug-likeness (QED) is 0.786. The van der Waals surface area contributed by atoms with Crippen LogP contribution in [0.2, 0.25) is 0 Å². The third kappa shape index (κ3) is 2.06. The number of carbonyl (C=O) groups is 1. The van der Waals surface area contributed by atoms with Gasteiger partial charge in [0.1, 0.15) is 5.82 Å². The van der Waals surface area contributed by atoms with Crippen LogP contribution in [0.4, 0.5) is 4.39 Å². The molecule has 0 radical (unpaired) electrons. The standard InChI is InChI=1S/C12H8FNO2/c13-11-6-8(1-2-12(15)16)5-9-3-4-14-7-10(9)11/h1-7H,(H,15,16)/b2-1+. The van der Waals surface area contributed by atoms with Crippen LogP contribution in [0, 0.1) is 5.82 Å². The lowest BCUT2D eigenvalue weighted by molar-refractivity contribution is -0.131. The molecule has 3 nitrogen and oxygen atoms in total. The van der Waals surface area contributed by atoms with Crippen molar-refractivity contribution in [2.24, 2.45) is 0 Å². The van der Waals surface area contributed by atoms with E-state index < -0.39 is 11.8 Å². The fourth-order valence-electron chi connectivity index (χ4n) is 1.44. The summed E-state index contributed by atoms with van der Waals surface area (Å²) in [4.78, 5) is 14.2. The molecule has 0 saturated carbocycles. The van der Waals surface area contributed by atoms with Gasteiger partial charge in [0.15, 0.2) is 0 Å². The van der Waals surface area contributed by atoms with Crippen molar-refractivity contribution >= 4 is 22.8 Å². The Bertz CT molecular complexity index is 578. The number of hydrogen-bond acceptors (Lipinski definition) is 2. The van der Waals surface area contributed by atoms with Gasteiger partial charge in [-0.25, -0.2) is 9.18 Å². The average molecular weight is 217 g/mol. The third-order valence-electron chi connectivity index (χ3n) is 2.15. The number of rotatable bonds is 2. The van der Waals surface area contributed by atoms with Crippen LogP contribution in [0.3, 0.4) is 0 Å². The molecule has 0 unspecified atom stereocenters. The van der Waals surface area contributed by atoms with E-state index >= 15 is 0 Å². The van der Waals surface area contributed by atoms with E-state index in [0.29, 0.717) is 16.3 Å². The molecule has 1 heterocycles. The molecule has 0 spiro atoms. The first kappa shape index (κ1) is 10.3. The summed E-state index contributed by atoms with van der Waals surface area (Å²) in [5.74, 6) is -1.47. The maximum atomic E-state index is 13.5. The maximum absolute atomic E-state index is 13.5. The Morgan fingerprint density at radius 3 is 3.00 bits per heavy atom. The van der Waals surface area contributed by atoms with Gasteiger partial charge in [-0.1, -0.05) is 0 Å². The number of halogens is 1. The summed E-state index contributed by atoms with van der Waals surface area (Å²) in [5, 5.41) is 9.59. The normalized spacial score (nSPS) is 11.1. The van der Waals surface area contributed by atoms with Crippen LogP contribution >= 0.6 is 0 Å². The first-order chi connectivity index (χ1) is 7.66. The Kier molecular flexibility index (Phi) is 2.64. The molecule has 0 aliphatic rings. The minimum atomic E-state index is -1.06. The molecule has 2 aromatic rings. The Morgan fingerprint density at radius 2 is 2.25 bits per heavy atom. The summed E-state index contributed by atoms with van der Waals surface area (Å²) >= 11 is 0. The van der Waals surface area contributed by atoms with E-state index in [2.05, 4.69) is 4.98 Å². The second-order valence-corrected chi connectivity index (χ2v) is 3.27. The largest absolute Gasteiger partial charge is 0.478 e. The Balaban J connectivity index is 2.54. The lowest BCUT2D eigenvalue weighted by atomic mass is 10.1. The molecule has 0 amide bonds. The van der Waals surface area contributed by atoms with Crippen molar-refractivity contribution in [2.45, 2.75) is 0 Å². The molecule has 0 atom stereocenters. The molecule has 0 saturated heterocycles. The Morgan fingerprint density at radius 1 is 1.44 bits per heavy atom. The van der Waals surface area contributed by atoms with Crippen LogP contribution in [0.1, 0.15) is 5.56 Å². The van der Waals surface area contributed by atoms with Gasteiger partial charge in [0.05, 0.1) is 0 Å². The highest BCUT2D eigenvalue weighted by atomic mass is 19.1. The molecule has 0 aliphatic heterocycles. The SMILES string of the molecule is O=C(O)/C=C/c1cc(F)c2cnccc2c1. The number of aromatic nitrogens is 1. The Hall–Kier alpha value is -2.23. The van der Waals surface area contributed by atoms with E-state index in [1.807, 2.05) is 0 Å². The molecule has 80 valence electrons. The van der Waals surface area contributed by atoms with Gasteiger partial charge in [-0.05, 0) is 35.2 Å². The first-order valence-corrected chi connectivity index (χ1v) is 4.61. The number of hydrogen-bond donors (Lipinski definition) is 1. The lowest BCUT2D eigenvalue weighted by Gasteiger charge is -2.00. The maximum Gasteiger partial charge on any atom is 0.328 e. The van der Waals surface area contributed by atoms with Gasteiger partial charge in [0.25, 0.3) is 0 Å². The Labute approximate surface area is 90.9 Å². The number of carboxylic acid groups (broad SMARTS) is 1. The zero-order chi connectivity index (χ0) is 11.5. The molecule has 1 aromatic carbocycles. The van der Waals surface area contributed by atoms with Gasteiger partial charge in [0, 0.05) is 23.9 Å². The zero-order valence-corrected chi connectivity index (χ0v) is 8.22. The number of aliphatic carboxylic acids is 1. The molecule has 0 fully saturated rings. The van der Waals surface area contributed by atoms with Gasteiger partial charge < -0.3 is 5.11 Å². The van der Waals surface area contributed by atoms with Crippen LogP contribution in [-0.4, -0.2) is 16.1 Å². The van der Waals surface area contributed by atoms with Crippen LogP contribution in [0.25, 0.3) is 16.8 Å². The highest BCUT2D eigenvalue weighted by Gasteiger charge is 2.02. The van der Waals surface area contributed by atoms with Crippen molar-refractivity contribution in [1.82, 2.24) is 4.98 Å². The van der Waals surface area contributed by atoms with Gasteiger partial charge in [-0.2, -0.15) is 0 Å². The van der Waals surface area contributed by atoms with Crippen molar-refractivity contribution in [1.29, 1.82) is 0 Å². The summed E-state index contributed by atoms with van der Waals surface area (Å²) in [6.07, 6.45) is 5.33. The van der Waals surface area contributed by atoms with E-state index in [1.54, 1.807) is 18.3 Å². The van der Waals surface area contributed by atoms with Crippen molar-refractivity contribution in [3.05, 3.63) is 48.0 Å².